The molecule has 0 aromatic heterocycles. The second-order valence-electron chi connectivity index (χ2n) is 6.00. The topological polar surface area (TPSA) is 12.4 Å². The van der Waals surface area contributed by atoms with E-state index in [1.165, 1.54) is 22.3 Å². The van der Waals surface area contributed by atoms with Gasteiger partial charge in [0.15, 0.2) is 0 Å². The maximum absolute atomic E-state index is 4.37. The van der Waals surface area contributed by atoms with Gasteiger partial charge in [-0.2, -0.15) is 0 Å². The normalized spacial score (nSPS) is 13.8. The van der Waals surface area contributed by atoms with Crippen molar-refractivity contribution in [3.8, 4) is 0 Å². The predicted molar refractivity (Wildman–Crippen MR) is 97.7 cm³/mol. The van der Waals surface area contributed by atoms with E-state index < -0.39 is 0 Å². The summed E-state index contributed by atoms with van der Waals surface area (Å²) in [7, 11) is 0. The van der Waals surface area contributed by atoms with Gasteiger partial charge in [-0.05, 0) is 49.1 Å². The Labute approximate surface area is 134 Å². The highest BCUT2D eigenvalue weighted by Gasteiger charge is 2.07. The average Bonchev–Trinajstić information content (AvgIpc) is 2.54. The maximum Gasteiger partial charge on any atom is 0.0443 e. The van der Waals surface area contributed by atoms with Crippen molar-refractivity contribution in [3.63, 3.8) is 0 Å². The van der Waals surface area contributed by atoms with E-state index in [2.05, 4.69) is 93.4 Å². The molecule has 1 heteroatoms. The molecule has 0 aliphatic carbocycles. The third-order valence-corrected chi connectivity index (χ3v) is 3.87. The molecule has 0 radical (unpaired) electrons. The van der Waals surface area contributed by atoms with Crippen LogP contribution in [0.1, 0.15) is 50.3 Å². The fourth-order valence-corrected chi connectivity index (χ4v) is 2.39. The number of hydrogen-bond acceptors (Lipinski definition) is 1. The molecule has 1 atom stereocenters. The highest BCUT2D eigenvalue weighted by molar-refractivity contribution is 5.83. The van der Waals surface area contributed by atoms with E-state index in [1.54, 1.807) is 0 Å². The molecule has 1 nitrogen and oxygen atoms in total. The van der Waals surface area contributed by atoms with Crippen LogP contribution in [0.2, 0.25) is 0 Å². The van der Waals surface area contributed by atoms with Crippen LogP contribution in [0.15, 0.2) is 65.7 Å². The highest BCUT2D eigenvalue weighted by atomic mass is 14.7. The van der Waals surface area contributed by atoms with Gasteiger partial charge in [0.25, 0.3) is 0 Å². The Morgan fingerprint density at radius 1 is 0.864 bits per heavy atom. The maximum atomic E-state index is 4.37. The van der Waals surface area contributed by atoms with Crippen molar-refractivity contribution in [3.05, 3.63) is 77.4 Å². The highest BCUT2D eigenvalue weighted by Crippen LogP contribution is 2.25. The van der Waals surface area contributed by atoms with Gasteiger partial charge in [0.2, 0.25) is 0 Å². The van der Waals surface area contributed by atoms with Crippen LogP contribution >= 0.6 is 0 Å². The van der Waals surface area contributed by atoms with Crippen molar-refractivity contribution < 1.29 is 0 Å². The first-order chi connectivity index (χ1) is 10.6. The number of rotatable bonds is 5. The Morgan fingerprint density at radius 3 is 2.05 bits per heavy atom. The predicted octanol–water partition coefficient (Wildman–Crippen LogP) is 5.72. The summed E-state index contributed by atoms with van der Waals surface area (Å²) in [6.45, 7) is 8.54. The van der Waals surface area contributed by atoms with Gasteiger partial charge in [-0.25, -0.2) is 0 Å². The fraction of sp³-hybridized carbons (Fsp3) is 0.286. The van der Waals surface area contributed by atoms with E-state index >= 15 is 0 Å². The zero-order chi connectivity index (χ0) is 15.9. The summed E-state index contributed by atoms with van der Waals surface area (Å²) >= 11 is 0. The van der Waals surface area contributed by atoms with E-state index in [9.17, 15) is 0 Å². The molecular weight excluding hydrogens is 266 g/mol. The van der Waals surface area contributed by atoms with Crippen LogP contribution in [0.4, 0.5) is 0 Å². The minimum absolute atomic E-state index is 0.346. The summed E-state index contributed by atoms with van der Waals surface area (Å²) in [6.07, 6.45) is 3.98. The average molecular weight is 291 g/mol. The van der Waals surface area contributed by atoms with Gasteiger partial charge in [-0.15, -0.1) is 0 Å². The third-order valence-electron chi connectivity index (χ3n) is 3.87. The largest absolute Gasteiger partial charge is 0.290 e. The van der Waals surface area contributed by atoms with Crippen LogP contribution in [0.5, 0.6) is 0 Å². The minimum Gasteiger partial charge on any atom is -0.290 e. The lowest BCUT2D eigenvalue weighted by Crippen LogP contribution is -1.95. The molecule has 0 spiro atoms. The lowest BCUT2D eigenvalue weighted by atomic mass is 9.92. The van der Waals surface area contributed by atoms with E-state index in [1.807, 2.05) is 6.21 Å². The van der Waals surface area contributed by atoms with E-state index in [0.29, 0.717) is 12.0 Å². The van der Waals surface area contributed by atoms with Crippen LogP contribution in [0, 0.1) is 0 Å². The summed E-state index contributed by atoms with van der Waals surface area (Å²) in [6, 6.07) is 19.8. The molecule has 2 aromatic rings. The molecule has 0 amide bonds. The van der Waals surface area contributed by atoms with Crippen LogP contribution in [-0.4, -0.2) is 12.3 Å². The molecule has 2 rings (SSSR count). The molecule has 0 aliphatic rings. The standard InChI is InChI=1S/C21H25N/c1-16(2)22-15-14-17(3)19-10-12-21(13-11-19)18(4)20-8-6-5-7-9-20/h5-16,18H,1-4H3/b17-14+,22-15?. The summed E-state index contributed by atoms with van der Waals surface area (Å²) in [4.78, 5) is 4.37. The van der Waals surface area contributed by atoms with E-state index in [4.69, 9.17) is 0 Å². The van der Waals surface area contributed by atoms with Crippen molar-refractivity contribution in [2.24, 2.45) is 4.99 Å². The lowest BCUT2D eigenvalue weighted by Gasteiger charge is -2.13. The van der Waals surface area contributed by atoms with Crippen LogP contribution < -0.4 is 0 Å². The quantitative estimate of drug-likeness (QED) is 0.625. The molecule has 0 N–H and O–H groups in total. The summed E-state index contributed by atoms with van der Waals surface area (Å²) in [5, 5.41) is 0. The van der Waals surface area contributed by atoms with Crippen molar-refractivity contribution >= 4 is 11.8 Å². The van der Waals surface area contributed by atoms with Crippen molar-refractivity contribution in [1.82, 2.24) is 0 Å². The number of nitrogens with zero attached hydrogens (tertiary/aromatic N) is 1. The zero-order valence-corrected chi connectivity index (χ0v) is 14.0. The van der Waals surface area contributed by atoms with Crippen LogP contribution in [0.3, 0.4) is 0 Å². The zero-order valence-electron chi connectivity index (χ0n) is 14.0. The minimum atomic E-state index is 0.346. The lowest BCUT2D eigenvalue weighted by molar-refractivity contribution is 0.842. The number of allylic oxidation sites excluding steroid dienone is 2. The molecule has 0 heterocycles. The van der Waals surface area contributed by atoms with Gasteiger partial charge >= 0.3 is 0 Å². The molecule has 114 valence electrons. The number of hydrogen-bond donors (Lipinski definition) is 0. The van der Waals surface area contributed by atoms with E-state index in [0.717, 1.165) is 0 Å². The molecule has 0 bridgehead atoms. The van der Waals surface area contributed by atoms with Gasteiger partial charge in [0.05, 0.1) is 0 Å². The smallest absolute Gasteiger partial charge is 0.0443 e. The second-order valence-corrected chi connectivity index (χ2v) is 6.00. The molecule has 1 unspecified atom stereocenters. The Kier molecular flexibility index (Phi) is 5.71. The SMILES string of the molecule is C/C(=C\C=NC(C)C)c1ccc(C(C)c2ccccc2)cc1. The van der Waals surface area contributed by atoms with E-state index in [-0.39, 0.29) is 0 Å². The summed E-state index contributed by atoms with van der Waals surface area (Å²) in [5.74, 6) is 0.419. The van der Waals surface area contributed by atoms with Crippen molar-refractivity contribution in [1.29, 1.82) is 0 Å². The molecule has 2 aromatic carbocycles. The van der Waals surface area contributed by atoms with Crippen molar-refractivity contribution in [2.45, 2.75) is 39.7 Å². The first kappa shape index (κ1) is 16.2. The monoisotopic (exact) mass is 291 g/mol. The Morgan fingerprint density at radius 2 is 1.45 bits per heavy atom. The number of aliphatic imine (C=N–C) groups is 1. The van der Waals surface area contributed by atoms with Gasteiger partial charge < -0.3 is 0 Å². The number of benzene rings is 2. The van der Waals surface area contributed by atoms with Crippen molar-refractivity contribution in [2.75, 3.05) is 0 Å². The molecule has 0 aliphatic heterocycles. The van der Waals surface area contributed by atoms with Gasteiger partial charge in [0, 0.05) is 18.2 Å². The molecule has 22 heavy (non-hydrogen) atoms. The first-order valence-electron chi connectivity index (χ1n) is 7.93. The first-order valence-corrected chi connectivity index (χ1v) is 7.93. The third kappa shape index (κ3) is 4.42. The molecule has 0 fully saturated rings. The van der Waals surface area contributed by atoms with Crippen LogP contribution in [-0.2, 0) is 0 Å². The fourth-order valence-electron chi connectivity index (χ4n) is 2.39. The van der Waals surface area contributed by atoms with Gasteiger partial charge in [0.1, 0.15) is 0 Å². The summed E-state index contributed by atoms with van der Waals surface area (Å²) in [5.41, 5.74) is 5.19. The second kappa shape index (κ2) is 7.74. The van der Waals surface area contributed by atoms with Crippen LogP contribution in [0.25, 0.3) is 5.57 Å². The molecular formula is C21H25N. The Balaban J connectivity index is 2.13. The van der Waals surface area contributed by atoms with Gasteiger partial charge in [-0.1, -0.05) is 61.5 Å². The molecule has 0 saturated heterocycles. The van der Waals surface area contributed by atoms with Gasteiger partial charge in [-0.3, -0.25) is 4.99 Å². The Hall–Kier alpha value is -2.15. The Bertz CT molecular complexity index is 633. The molecule has 0 saturated carbocycles. The summed E-state index contributed by atoms with van der Waals surface area (Å²) < 4.78 is 0.